The molecular weight excluding hydrogens is 174 g/mol. The van der Waals surface area contributed by atoms with Crippen molar-refractivity contribution in [2.75, 3.05) is 0 Å². The third-order valence-corrected chi connectivity index (χ3v) is 1.72. The van der Waals surface area contributed by atoms with Crippen molar-refractivity contribution in [1.82, 2.24) is 5.48 Å². The minimum Gasteiger partial charge on any atom is -0.385 e. The average Bonchev–Trinajstić information content (AvgIpc) is 2.04. The fraction of sp³-hybridized carbons (Fsp3) is 0.750. The quantitative estimate of drug-likeness (QED) is 0.387. The zero-order valence-corrected chi connectivity index (χ0v) is 7.73. The van der Waals surface area contributed by atoms with Crippen LogP contribution in [-0.2, 0) is 9.59 Å². The van der Waals surface area contributed by atoms with Gasteiger partial charge in [0.25, 0.3) is 0 Å². The van der Waals surface area contributed by atoms with Crippen LogP contribution < -0.4 is 5.48 Å². The number of nitrogens with one attached hydrogen (secondary N) is 1. The molecule has 0 aromatic rings. The average molecular weight is 189 g/mol. The standard InChI is InChI=1S/C8H15NO4/c1-5(2)8(9-13)7(12)3-6(11)4-10/h4-6,8-9,11,13H,3H2,1-2H3. The van der Waals surface area contributed by atoms with Crippen molar-refractivity contribution < 1.29 is 19.9 Å². The van der Waals surface area contributed by atoms with Crippen molar-refractivity contribution >= 4 is 12.1 Å². The van der Waals surface area contributed by atoms with Gasteiger partial charge in [0.1, 0.15) is 12.4 Å². The maximum absolute atomic E-state index is 11.2. The number of aldehydes is 1. The second-order valence-corrected chi connectivity index (χ2v) is 3.22. The molecule has 0 fully saturated rings. The maximum atomic E-state index is 11.2. The normalized spacial score (nSPS) is 15.5. The molecule has 0 heterocycles. The number of hydroxylamine groups is 1. The molecule has 0 saturated carbocycles. The van der Waals surface area contributed by atoms with E-state index < -0.39 is 12.1 Å². The summed E-state index contributed by atoms with van der Waals surface area (Å²) >= 11 is 0. The van der Waals surface area contributed by atoms with E-state index in [9.17, 15) is 9.59 Å². The summed E-state index contributed by atoms with van der Waals surface area (Å²) in [5.74, 6) is -0.464. The van der Waals surface area contributed by atoms with E-state index in [2.05, 4.69) is 0 Å². The topological polar surface area (TPSA) is 86.6 Å². The van der Waals surface area contributed by atoms with Crippen LogP contribution in [0.3, 0.4) is 0 Å². The number of rotatable bonds is 6. The van der Waals surface area contributed by atoms with Gasteiger partial charge >= 0.3 is 0 Å². The van der Waals surface area contributed by atoms with Gasteiger partial charge in [-0.1, -0.05) is 13.8 Å². The molecule has 5 nitrogen and oxygen atoms in total. The Balaban J connectivity index is 4.13. The van der Waals surface area contributed by atoms with Crippen molar-refractivity contribution in [2.45, 2.75) is 32.4 Å². The van der Waals surface area contributed by atoms with Gasteiger partial charge in [0.05, 0.1) is 6.04 Å². The van der Waals surface area contributed by atoms with Crippen LogP contribution in [0, 0.1) is 5.92 Å². The van der Waals surface area contributed by atoms with E-state index in [1.807, 2.05) is 5.48 Å². The molecule has 0 saturated heterocycles. The highest BCUT2D eigenvalue weighted by atomic mass is 16.5. The Morgan fingerprint density at radius 2 is 2.08 bits per heavy atom. The summed E-state index contributed by atoms with van der Waals surface area (Å²) in [5, 5.41) is 17.5. The number of aliphatic hydroxyl groups excluding tert-OH is 1. The minimum atomic E-state index is -1.28. The van der Waals surface area contributed by atoms with E-state index in [1.54, 1.807) is 13.8 Å². The molecule has 0 rings (SSSR count). The van der Waals surface area contributed by atoms with Gasteiger partial charge in [0.15, 0.2) is 5.78 Å². The molecule has 0 radical (unpaired) electrons. The predicted molar refractivity (Wildman–Crippen MR) is 45.2 cm³/mol. The van der Waals surface area contributed by atoms with E-state index in [1.165, 1.54) is 0 Å². The van der Waals surface area contributed by atoms with E-state index in [0.29, 0.717) is 6.29 Å². The number of aliphatic hydroxyl groups is 1. The number of ketones is 1. The fourth-order valence-electron chi connectivity index (χ4n) is 0.974. The number of hydrogen-bond acceptors (Lipinski definition) is 5. The molecule has 0 spiro atoms. The first-order valence-electron chi connectivity index (χ1n) is 4.08. The summed E-state index contributed by atoms with van der Waals surface area (Å²) in [7, 11) is 0. The first-order valence-corrected chi connectivity index (χ1v) is 4.08. The Morgan fingerprint density at radius 1 is 1.54 bits per heavy atom. The van der Waals surface area contributed by atoms with E-state index in [0.717, 1.165) is 0 Å². The van der Waals surface area contributed by atoms with Gasteiger partial charge in [-0.25, -0.2) is 0 Å². The lowest BCUT2D eigenvalue weighted by Gasteiger charge is -2.17. The number of carbonyl (C=O) groups excluding carboxylic acids is 2. The SMILES string of the molecule is CC(C)C(NO)C(=O)CC(O)C=O. The molecule has 0 bridgehead atoms. The fourth-order valence-corrected chi connectivity index (χ4v) is 0.974. The third-order valence-electron chi connectivity index (χ3n) is 1.72. The number of carbonyl (C=O) groups is 2. The van der Waals surface area contributed by atoms with Crippen molar-refractivity contribution in [3.8, 4) is 0 Å². The van der Waals surface area contributed by atoms with Gasteiger partial charge in [-0.2, -0.15) is 5.48 Å². The Kier molecular flexibility index (Phi) is 5.45. The van der Waals surface area contributed by atoms with Crippen molar-refractivity contribution in [3.63, 3.8) is 0 Å². The Bertz CT molecular complexity index is 181. The predicted octanol–water partition coefficient (Wildman–Crippen LogP) is -0.491. The lowest BCUT2D eigenvalue weighted by atomic mass is 9.97. The minimum absolute atomic E-state index is 0.0867. The molecule has 76 valence electrons. The monoisotopic (exact) mass is 189 g/mol. The molecule has 3 N–H and O–H groups in total. The molecule has 2 unspecified atom stereocenters. The molecule has 0 aromatic carbocycles. The Morgan fingerprint density at radius 3 is 2.38 bits per heavy atom. The second-order valence-electron chi connectivity index (χ2n) is 3.22. The van der Waals surface area contributed by atoms with Gasteiger partial charge < -0.3 is 15.1 Å². The highest BCUT2D eigenvalue weighted by molar-refractivity contribution is 5.86. The van der Waals surface area contributed by atoms with Crippen LogP contribution in [0.25, 0.3) is 0 Å². The van der Waals surface area contributed by atoms with Crippen LogP contribution in [0.2, 0.25) is 0 Å². The molecule has 0 aliphatic carbocycles. The summed E-state index contributed by atoms with van der Waals surface area (Å²) in [6.07, 6.45) is -1.24. The van der Waals surface area contributed by atoms with Gasteiger partial charge in [0, 0.05) is 6.42 Å². The van der Waals surface area contributed by atoms with Gasteiger partial charge in [-0.15, -0.1) is 0 Å². The van der Waals surface area contributed by atoms with Crippen LogP contribution in [0.4, 0.5) is 0 Å². The van der Waals surface area contributed by atoms with Crippen LogP contribution >= 0.6 is 0 Å². The lowest BCUT2D eigenvalue weighted by Crippen LogP contribution is -2.40. The first-order chi connectivity index (χ1) is 6.02. The molecule has 0 aliphatic rings. The summed E-state index contributed by atoms with van der Waals surface area (Å²) < 4.78 is 0. The second kappa shape index (κ2) is 5.80. The van der Waals surface area contributed by atoms with Crippen LogP contribution in [-0.4, -0.2) is 34.5 Å². The highest BCUT2D eigenvalue weighted by Crippen LogP contribution is 2.05. The summed E-state index contributed by atoms with van der Waals surface area (Å²) in [6, 6.07) is -0.727. The van der Waals surface area contributed by atoms with E-state index >= 15 is 0 Å². The third kappa shape index (κ3) is 4.12. The lowest BCUT2D eigenvalue weighted by molar-refractivity contribution is -0.129. The molecule has 5 heteroatoms. The van der Waals surface area contributed by atoms with E-state index in [4.69, 9.17) is 10.3 Å². The molecule has 2 atom stereocenters. The molecule has 13 heavy (non-hydrogen) atoms. The highest BCUT2D eigenvalue weighted by Gasteiger charge is 2.22. The number of hydrogen-bond donors (Lipinski definition) is 3. The van der Waals surface area contributed by atoms with Crippen molar-refractivity contribution in [2.24, 2.45) is 5.92 Å². The first kappa shape index (κ1) is 12.2. The van der Waals surface area contributed by atoms with E-state index in [-0.39, 0.29) is 18.1 Å². The van der Waals surface area contributed by atoms with Crippen molar-refractivity contribution in [3.05, 3.63) is 0 Å². The van der Waals surface area contributed by atoms with Crippen LogP contribution in [0.1, 0.15) is 20.3 Å². The van der Waals surface area contributed by atoms with Gasteiger partial charge in [-0.3, -0.25) is 4.79 Å². The Hall–Kier alpha value is -0.780. The van der Waals surface area contributed by atoms with Crippen LogP contribution in [0.15, 0.2) is 0 Å². The maximum Gasteiger partial charge on any atom is 0.155 e. The largest absolute Gasteiger partial charge is 0.385 e. The Labute approximate surface area is 76.7 Å². The molecule has 0 aromatic heterocycles. The summed E-state index contributed by atoms with van der Waals surface area (Å²) in [4.78, 5) is 21.3. The molecule has 0 aliphatic heterocycles. The zero-order chi connectivity index (χ0) is 10.4. The van der Waals surface area contributed by atoms with Gasteiger partial charge in [0.2, 0.25) is 0 Å². The zero-order valence-electron chi connectivity index (χ0n) is 7.73. The molecular formula is C8H15NO4. The summed E-state index contributed by atoms with van der Waals surface area (Å²) in [6.45, 7) is 3.50. The van der Waals surface area contributed by atoms with Crippen molar-refractivity contribution in [1.29, 1.82) is 0 Å². The van der Waals surface area contributed by atoms with Crippen LogP contribution in [0.5, 0.6) is 0 Å². The smallest absolute Gasteiger partial charge is 0.155 e. The van der Waals surface area contributed by atoms with Gasteiger partial charge in [-0.05, 0) is 5.92 Å². The summed E-state index contributed by atoms with van der Waals surface area (Å²) in [5.41, 5.74) is 1.85. The number of Topliss-reactive ketones (excluding diaryl/α,β-unsaturated/α-hetero) is 1. The molecule has 0 amide bonds.